The molecule has 0 aliphatic carbocycles. The van der Waals surface area contributed by atoms with Gasteiger partial charge in [0.15, 0.2) is 0 Å². The van der Waals surface area contributed by atoms with Gasteiger partial charge in [-0.2, -0.15) is 0 Å². The van der Waals surface area contributed by atoms with Gasteiger partial charge in [-0.15, -0.1) is 0 Å². The fourth-order valence-corrected chi connectivity index (χ4v) is 5.27. The molecule has 7 heteroatoms. The number of halogens is 1. The number of hydrogen-bond donors (Lipinski definition) is 1. The van der Waals surface area contributed by atoms with Gasteiger partial charge in [-0.25, -0.2) is 0 Å². The smallest absolute Gasteiger partial charge is 0.246 e. The number of aromatic amines is 1. The Bertz CT molecular complexity index is 1160. The molecule has 2 aromatic carbocycles. The van der Waals surface area contributed by atoms with E-state index in [1.165, 1.54) is 0 Å². The highest BCUT2D eigenvalue weighted by Crippen LogP contribution is 2.42. The van der Waals surface area contributed by atoms with E-state index >= 15 is 0 Å². The van der Waals surface area contributed by atoms with Crippen molar-refractivity contribution in [3.8, 4) is 0 Å². The number of carbonyl (C=O) groups excluding carboxylic acids is 2. The summed E-state index contributed by atoms with van der Waals surface area (Å²) in [6.45, 7) is 3.86. The van der Waals surface area contributed by atoms with Crippen molar-refractivity contribution in [3.63, 3.8) is 0 Å². The van der Waals surface area contributed by atoms with E-state index in [9.17, 15) is 9.59 Å². The summed E-state index contributed by atoms with van der Waals surface area (Å²) in [5, 5.41) is 1.12. The third-order valence-electron chi connectivity index (χ3n) is 6.45. The van der Waals surface area contributed by atoms with Crippen LogP contribution in [0.3, 0.4) is 0 Å². The number of fused-ring (bicyclic) bond motifs is 4. The van der Waals surface area contributed by atoms with Gasteiger partial charge in [0.05, 0.1) is 12.6 Å². The fourth-order valence-electron chi connectivity index (χ4n) is 5.01. The molecule has 166 valence electrons. The second-order valence-corrected chi connectivity index (χ2v) is 9.26. The van der Waals surface area contributed by atoms with Crippen molar-refractivity contribution in [2.45, 2.75) is 31.8 Å². The highest BCUT2D eigenvalue weighted by atomic mass is 79.9. The summed E-state index contributed by atoms with van der Waals surface area (Å²) in [4.78, 5) is 34.0. The van der Waals surface area contributed by atoms with Crippen molar-refractivity contribution in [1.29, 1.82) is 0 Å². The second-order valence-electron chi connectivity index (χ2n) is 8.35. The van der Waals surface area contributed by atoms with E-state index in [1.54, 1.807) is 4.90 Å². The van der Waals surface area contributed by atoms with E-state index in [1.807, 2.05) is 48.2 Å². The minimum Gasteiger partial charge on any atom is -0.382 e. The average Bonchev–Trinajstić information content (AvgIpc) is 3.17. The number of hydrogen-bond acceptors (Lipinski definition) is 3. The summed E-state index contributed by atoms with van der Waals surface area (Å²) in [5.74, 6) is 0.0161. The molecule has 2 unspecified atom stereocenters. The molecule has 1 aromatic heterocycles. The SMILES string of the molecule is CCOCCCN1CC(=O)N2C(Cc3c([nH]c4ccccc34)C2c2ccc(Br)cc2)C1=O. The lowest BCUT2D eigenvalue weighted by atomic mass is 9.86. The Balaban J connectivity index is 1.56. The van der Waals surface area contributed by atoms with Crippen molar-refractivity contribution in [3.05, 3.63) is 69.8 Å². The van der Waals surface area contributed by atoms with Gasteiger partial charge < -0.3 is 19.5 Å². The molecule has 0 saturated carbocycles. The Morgan fingerprint density at radius 3 is 2.69 bits per heavy atom. The van der Waals surface area contributed by atoms with Crippen LogP contribution in [0.25, 0.3) is 10.9 Å². The van der Waals surface area contributed by atoms with E-state index < -0.39 is 6.04 Å². The predicted molar refractivity (Wildman–Crippen MR) is 126 cm³/mol. The van der Waals surface area contributed by atoms with Gasteiger partial charge in [-0.3, -0.25) is 9.59 Å². The first-order valence-corrected chi connectivity index (χ1v) is 11.9. The van der Waals surface area contributed by atoms with Gasteiger partial charge >= 0.3 is 0 Å². The lowest BCUT2D eigenvalue weighted by molar-refractivity contribution is -0.158. The van der Waals surface area contributed by atoms with Crippen LogP contribution < -0.4 is 0 Å². The van der Waals surface area contributed by atoms with E-state index in [4.69, 9.17) is 4.74 Å². The summed E-state index contributed by atoms with van der Waals surface area (Å²) < 4.78 is 6.40. The third-order valence-corrected chi connectivity index (χ3v) is 6.98. The minimum absolute atomic E-state index is 0.0109. The first kappa shape index (κ1) is 21.2. The van der Waals surface area contributed by atoms with E-state index in [-0.39, 0.29) is 24.4 Å². The van der Waals surface area contributed by atoms with Crippen molar-refractivity contribution >= 4 is 38.6 Å². The van der Waals surface area contributed by atoms with Crippen LogP contribution in [-0.4, -0.2) is 58.9 Å². The number of aromatic nitrogens is 1. The average molecular weight is 496 g/mol. The monoisotopic (exact) mass is 495 g/mol. The van der Waals surface area contributed by atoms with Crippen LogP contribution in [0.1, 0.15) is 36.2 Å². The maximum absolute atomic E-state index is 13.5. The van der Waals surface area contributed by atoms with Crippen LogP contribution in [-0.2, 0) is 20.7 Å². The Morgan fingerprint density at radius 2 is 1.91 bits per heavy atom. The molecule has 3 heterocycles. The molecule has 6 nitrogen and oxygen atoms in total. The first-order chi connectivity index (χ1) is 15.6. The highest BCUT2D eigenvalue weighted by molar-refractivity contribution is 9.10. The number of piperazine rings is 1. The topological polar surface area (TPSA) is 65.6 Å². The van der Waals surface area contributed by atoms with Crippen LogP contribution in [0.2, 0.25) is 0 Å². The third kappa shape index (κ3) is 3.63. The molecule has 0 radical (unpaired) electrons. The molecule has 1 fully saturated rings. The number of carbonyl (C=O) groups is 2. The van der Waals surface area contributed by atoms with Crippen LogP contribution in [0, 0.1) is 0 Å². The molecular weight excluding hydrogens is 470 g/mol. The van der Waals surface area contributed by atoms with Crippen LogP contribution in [0.15, 0.2) is 53.0 Å². The lowest BCUT2D eigenvalue weighted by Crippen LogP contribution is -2.63. The Morgan fingerprint density at radius 1 is 1.12 bits per heavy atom. The Hall–Kier alpha value is -2.64. The summed E-state index contributed by atoms with van der Waals surface area (Å²) in [7, 11) is 0. The fraction of sp³-hybridized carbons (Fsp3) is 0.360. The van der Waals surface area contributed by atoms with Crippen molar-refractivity contribution in [1.82, 2.24) is 14.8 Å². The standard InChI is InChI=1S/C25H26BrN3O3/c1-2-32-13-5-12-28-15-22(30)29-21(25(28)31)14-19-18-6-3-4-7-20(18)27-23(19)24(29)16-8-10-17(26)11-9-16/h3-4,6-11,21,24,27H,2,5,12-15H2,1H3. The van der Waals surface area contributed by atoms with Crippen molar-refractivity contribution in [2.75, 3.05) is 26.3 Å². The highest BCUT2D eigenvalue weighted by Gasteiger charge is 2.48. The predicted octanol–water partition coefficient (Wildman–Crippen LogP) is 4.04. The molecule has 2 atom stereocenters. The zero-order valence-corrected chi connectivity index (χ0v) is 19.6. The largest absolute Gasteiger partial charge is 0.382 e. The molecule has 0 spiro atoms. The van der Waals surface area contributed by atoms with Crippen LogP contribution >= 0.6 is 15.9 Å². The zero-order valence-electron chi connectivity index (χ0n) is 18.0. The summed E-state index contributed by atoms with van der Waals surface area (Å²) >= 11 is 3.50. The molecule has 32 heavy (non-hydrogen) atoms. The quantitative estimate of drug-likeness (QED) is 0.524. The molecule has 3 aromatic rings. The van der Waals surface area contributed by atoms with E-state index in [2.05, 4.69) is 33.0 Å². The molecule has 0 bridgehead atoms. The maximum Gasteiger partial charge on any atom is 0.246 e. The number of nitrogens with one attached hydrogen (secondary N) is 1. The summed E-state index contributed by atoms with van der Waals surface area (Å²) in [6, 6.07) is 15.4. The number of benzene rings is 2. The Labute approximate surface area is 195 Å². The normalized spacial score (nSPS) is 20.6. The van der Waals surface area contributed by atoms with Crippen molar-refractivity contribution < 1.29 is 14.3 Å². The lowest BCUT2D eigenvalue weighted by Gasteiger charge is -2.47. The van der Waals surface area contributed by atoms with Gasteiger partial charge in [-0.1, -0.05) is 46.3 Å². The van der Waals surface area contributed by atoms with Crippen LogP contribution in [0.4, 0.5) is 0 Å². The molecular formula is C25H26BrN3O3. The van der Waals surface area contributed by atoms with Gasteiger partial charge in [0, 0.05) is 47.2 Å². The number of amides is 2. The molecule has 1 saturated heterocycles. The molecule has 2 aliphatic rings. The molecule has 1 N–H and O–H groups in total. The second kappa shape index (κ2) is 8.71. The summed E-state index contributed by atoms with van der Waals surface area (Å²) in [5.41, 5.74) is 4.17. The van der Waals surface area contributed by atoms with Gasteiger partial charge in [0.25, 0.3) is 0 Å². The first-order valence-electron chi connectivity index (χ1n) is 11.1. The van der Waals surface area contributed by atoms with Crippen LogP contribution in [0.5, 0.6) is 0 Å². The molecule has 5 rings (SSSR count). The summed E-state index contributed by atoms with van der Waals surface area (Å²) in [6.07, 6.45) is 1.26. The van der Waals surface area contributed by atoms with Gasteiger partial charge in [0.2, 0.25) is 11.8 Å². The maximum atomic E-state index is 13.5. The number of para-hydroxylation sites is 1. The number of nitrogens with zero attached hydrogens (tertiary/aromatic N) is 2. The van der Waals surface area contributed by atoms with E-state index in [0.29, 0.717) is 26.2 Å². The van der Waals surface area contributed by atoms with E-state index in [0.717, 1.165) is 38.6 Å². The minimum atomic E-state index is -0.497. The number of ether oxygens (including phenoxy) is 1. The van der Waals surface area contributed by atoms with Crippen molar-refractivity contribution in [2.24, 2.45) is 0 Å². The molecule has 2 aliphatic heterocycles. The number of rotatable bonds is 6. The molecule has 2 amide bonds. The zero-order chi connectivity index (χ0) is 22.2. The number of H-pyrrole nitrogens is 1. The Kier molecular flexibility index (Phi) is 5.78. The van der Waals surface area contributed by atoms with Gasteiger partial charge in [-0.05, 0) is 42.7 Å². The van der Waals surface area contributed by atoms with Gasteiger partial charge in [0.1, 0.15) is 6.04 Å².